The third-order valence-electron chi connectivity index (χ3n) is 4.27. The van der Waals surface area contributed by atoms with Gasteiger partial charge in [0.25, 0.3) is 0 Å². The number of primary sulfonamides is 1. The quantitative estimate of drug-likeness (QED) is 0.878. The maximum atomic E-state index is 11.5. The van der Waals surface area contributed by atoms with E-state index in [0.717, 1.165) is 44.3 Å². The van der Waals surface area contributed by atoms with Gasteiger partial charge in [-0.15, -0.1) is 0 Å². The summed E-state index contributed by atoms with van der Waals surface area (Å²) in [5.74, 6) is 0.835. The Hall–Kier alpha value is -1.07. The van der Waals surface area contributed by atoms with Crippen LogP contribution in [-0.2, 0) is 16.4 Å². The first kappa shape index (κ1) is 16.3. The summed E-state index contributed by atoms with van der Waals surface area (Å²) in [7, 11) is -3.48. The van der Waals surface area contributed by atoms with Gasteiger partial charge in [0.15, 0.2) is 0 Å². The molecule has 0 saturated heterocycles. The van der Waals surface area contributed by atoms with Gasteiger partial charge >= 0.3 is 0 Å². The average Bonchev–Trinajstić information content (AvgIpc) is 2.45. The molecule has 1 aliphatic rings. The highest BCUT2D eigenvalue weighted by atomic mass is 32.2. The molecule has 1 saturated carbocycles. The minimum absolute atomic E-state index is 0.0213. The van der Waals surface area contributed by atoms with Crippen LogP contribution >= 0.6 is 0 Å². The fraction of sp³-hybridized carbons (Fsp3) is 0.625. The van der Waals surface area contributed by atoms with Crippen molar-refractivity contribution in [2.24, 2.45) is 10.6 Å². The van der Waals surface area contributed by atoms with Gasteiger partial charge in [0.05, 0.1) is 12.4 Å². The maximum Gasteiger partial charge on any atom is 0.209 e. The third kappa shape index (κ3) is 5.00. The lowest BCUT2D eigenvalue weighted by molar-refractivity contribution is 0.118. The molecule has 1 aromatic rings. The van der Waals surface area contributed by atoms with Gasteiger partial charge in [-0.05, 0) is 37.0 Å². The molecule has 5 heteroatoms. The minimum atomic E-state index is -3.48. The molecule has 0 bridgehead atoms. The topological polar surface area (TPSA) is 69.4 Å². The normalized spacial score (nSPS) is 18.4. The zero-order chi connectivity index (χ0) is 15.3. The number of nitrogens with two attached hydrogens (primary N) is 1. The van der Waals surface area contributed by atoms with E-state index in [-0.39, 0.29) is 11.2 Å². The van der Waals surface area contributed by atoms with Crippen LogP contribution in [0, 0.1) is 5.41 Å². The van der Waals surface area contributed by atoms with Crippen molar-refractivity contribution in [3.63, 3.8) is 0 Å². The summed E-state index contributed by atoms with van der Waals surface area (Å²) in [6.45, 7) is 2.53. The maximum absolute atomic E-state index is 11.5. The summed E-state index contributed by atoms with van der Waals surface area (Å²) < 4.78 is 29.0. The number of sulfonamides is 1. The Bertz CT molecular complexity index is 563. The van der Waals surface area contributed by atoms with Gasteiger partial charge in [-0.2, -0.15) is 0 Å². The van der Waals surface area contributed by atoms with E-state index in [2.05, 4.69) is 13.0 Å². The van der Waals surface area contributed by atoms with E-state index in [1.165, 1.54) is 5.56 Å². The Morgan fingerprint density at radius 2 is 1.95 bits per heavy atom. The van der Waals surface area contributed by atoms with Crippen LogP contribution in [0.4, 0.5) is 0 Å². The fourth-order valence-corrected chi connectivity index (χ4v) is 4.38. The molecule has 0 aliphatic heterocycles. The monoisotopic (exact) mass is 311 g/mol. The molecule has 0 heterocycles. The molecule has 0 aromatic heterocycles. The van der Waals surface area contributed by atoms with E-state index in [1.807, 2.05) is 18.2 Å². The molecule has 118 valence electrons. The fourth-order valence-electron chi connectivity index (χ4n) is 3.15. The van der Waals surface area contributed by atoms with Crippen LogP contribution in [0.15, 0.2) is 24.3 Å². The number of benzene rings is 1. The molecule has 1 aromatic carbocycles. The Balaban J connectivity index is 2.08. The third-order valence-corrected chi connectivity index (χ3v) is 5.29. The van der Waals surface area contributed by atoms with Gasteiger partial charge in [-0.3, -0.25) is 0 Å². The van der Waals surface area contributed by atoms with Gasteiger partial charge < -0.3 is 4.74 Å². The largest absolute Gasteiger partial charge is 0.493 e. The number of rotatable bonds is 6. The first-order valence-electron chi connectivity index (χ1n) is 7.65. The first-order chi connectivity index (χ1) is 9.92. The van der Waals surface area contributed by atoms with Crippen molar-refractivity contribution >= 4 is 10.0 Å². The van der Waals surface area contributed by atoms with Gasteiger partial charge in [0, 0.05) is 5.41 Å². The molecule has 0 radical (unpaired) electrons. The van der Waals surface area contributed by atoms with Crippen LogP contribution in [0.2, 0.25) is 0 Å². The first-order valence-corrected chi connectivity index (χ1v) is 9.36. The molecule has 2 rings (SSSR count). The summed E-state index contributed by atoms with van der Waals surface area (Å²) in [6.07, 6.45) is 5.97. The van der Waals surface area contributed by atoms with E-state index >= 15 is 0 Å². The number of hydrogen-bond acceptors (Lipinski definition) is 3. The van der Waals surface area contributed by atoms with Crippen LogP contribution in [0.25, 0.3) is 0 Å². The van der Waals surface area contributed by atoms with E-state index in [1.54, 1.807) is 0 Å². The van der Waals surface area contributed by atoms with Crippen LogP contribution in [0.5, 0.6) is 5.75 Å². The predicted octanol–water partition coefficient (Wildman–Crippen LogP) is 2.87. The SMILES string of the molecule is CCc1cccc(OCC2(CS(N)(=O)=O)CCCCC2)c1. The lowest BCUT2D eigenvalue weighted by atomic mass is 9.76. The Morgan fingerprint density at radius 3 is 2.57 bits per heavy atom. The standard InChI is InChI=1S/C16H25NO3S/c1-2-14-7-6-8-15(11-14)20-12-16(13-21(17,18)19)9-4-3-5-10-16/h6-8,11H,2-5,9-10,12-13H2,1H3,(H2,17,18,19). The van der Waals surface area contributed by atoms with Gasteiger partial charge in [-0.25, -0.2) is 13.6 Å². The summed E-state index contributed by atoms with van der Waals surface area (Å²) in [5, 5.41) is 5.28. The molecule has 0 spiro atoms. The molecule has 0 amide bonds. The van der Waals surface area contributed by atoms with Crippen LogP contribution in [0.3, 0.4) is 0 Å². The highest BCUT2D eigenvalue weighted by Crippen LogP contribution is 2.37. The van der Waals surface area contributed by atoms with E-state index in [4.69, 9.17) is 9.88 Å². The van der Waals surface area contributed by atoms with Crippen molar-refractivity contribution < 1.29 is 13.2 Å². The summed E-state index contributed by atoms with van der Waals surface area (Å²) in [6, 6.07) is 7.98. The van der Waals surface area contributed by atoms with Crippen molar-refractivity contribution in [1.82, 2.24) is 0 Å². The number of aryl methyl sites for hydroxylation is 1. The zero-order valence-corrected chi connectivity index (χ0v) is 13.5. The zero-order valence-electron chi connectivity index (χ0n) is 12.7. The average molecular weight is 311 g/mol. The van der Waals surface area contributed by atoms with Gasteiger partial charge in [-0.1, -0.05) is 38.3 Å². The van der Waals surface area contributed by atoms with E-state index in [0.29, 0.717) is 6.61 Å². The Morgan fingerprint density at radius 1 is 1.24 bits per heavy atom. The van der Waals surface area contributed by atoms with E-state index < -0.39 is 10.0 Å². The second-order valence-electron chi connectivity index (χ2n) is 6.16. The predicted molar refractivity (Wildman–Crippen MR) is 84.8 cm³/mol. The number of ether oxygens (including phenoxy) is 1. The lowest BCUT2D eigenvalue weighted by Gasteiger charge is -2.36. The van der Waals surface area contributed by atoms with Crippen LogP contribution < -0.4 is 9.88 Å². The minimum Gasteiger partial charge on any atom is -0.493 e. The molecular weight excluding hydrogens is 286 g/mol. The van der Waals surface area contributed by atoms with Crippen LogP contribution in [-0.4, -0.2) is 20.8 Å². The summed E-state index contributed by atoms with van der Waals surface area (Å²) >= 11 is 0. The second-order valence-corrected chi connectivity index (χ2v) is 7.77. The Kier molecular flexibility index (Phi) is 5.27. The molecular formula is C16H25NO3S. The van der Waals surface area contributed by atoms with Gasteiger partial charge in [0.2, 0.25) is 10.0 Å². The molecule has 21 heavy (non-hydrogen) atoms. The summed E-state index contributed by atoms with van der Waals surface area (Å²) in [5.41, 5.74) is 0.894. The van der Waals surface area contributed by atoms with Crippen molar-refractivity contribution in [3.05, 3.63) is 29.8 Å². The highest BCUT2D eigenvalue weighted by molar-refractivity contribution is 7.89. The summed E-state index contributed by atoms with van der Waals surface area (Å²) in [4.78, 5) is 0. The highest BCUT2D eigenvalue weighted by Gasteiger charge is 2.36. The molecule has 1 fully saturated rings. The van der Waals surface area contributed by atoms with Crippen molar-refractivity contribution in [1.29, 1.82) is 0 Å². The second kappa shape index (κ2) is 6.79. The number of hydrogen-bond donors (Lipinski definition) is 1. The Labute approximate surface area is 127 Å². The van der Waals surface area contributed by atoms with Crippen molar-refractivity contribution in [2.45, 2.75) is 45.4 Å². The van der Waals surface area contributed by atoms with E-state index in [9.17, 15) is 8.42 Å². The van der Waals surface area contributed by atoms with Crippen LogP contribution in [0.1, 0.15) is 44.6 Å². The molecule has 2 N–H and O–H groups in total. The molecule has 1 aliphatic carbocycles. The lowest BCUT2D eigenvalue weighted by Crippen LogP contribution is -2.40. The molecule has 0 unspecified atom stereocenters. The van der Waals surface area contributed by atoms with Crippen molar-refractivity contribution in [3.8, 4) is 5.75 Å². The molecule has 0 atom stereocenters. The van der Waals surface area contributed by atoms with Crippen molar-refractivity contribution in [2.75, 3.05) is 12.4 Å². The molecule has 4 nitrogen and oxygen atoms in total. The smallest absolute Gasteiger partial charge is 0.209 e. The van der Waals surface area contributed by atoms with Gasteiger partial charge in [0.1, 0.15) is 5.75 Å².